The summed E-state index contributed by atoms with van der Waals surface area (Å²) < 4.78 is 10.8. The number of esters is 2. The molecule has 0 radical (unpaired) electrons. The molecule has 0 fully saturated rings. The fourth-order valence-corrected chi connectivity index (χ4v) is 5.41. The van der Waals surface area contributed by atoms with Crippen LogP contribution < -0.4 is 10.1 Å². The summed E-state index contributed by atoms with van der Waals surface area (Å²) in [5.74, 6) is -0.616. The van der Waals surface area contributed by atoms with Gasteiger partial charge in [-0.2, -0.15) is 0 Å². The summed E-state index contributed by atoms with van der Waals surface area (Å²) in [6.07, 6.45) is 1.10. The molecule has 0 saturated heterocycles. The lowest BCUT2D eigenvalue weighted by atomic mass is 9.72. The van der Waals surface area contributed by atoms with E-state index in [0.29, 0.717) is 42.0 Å². The number of allylic oxidation sites excluding steroid dienone is 3. The quantitative estimate of drug-likeness (QED) is 0.451. The van der Waals surface area contributed by atoms with Crippen molar-refractivity contribution < 1.29 is 23.9 Å². The Hall–Kier alpha value is -3.19. The van der Waals surface area contributed by atoms with Gasteiger partial charge in [0.15, 0.2) is 5.78 Å². The number of carbonyl (C=O) groups excluding carboxylic acids is 3. The Balaban J connectivity index is 1.75. The van der Waals surface area contributed by atoms with Gasteiger partial charge in [-0.1, -0.05) is 32.0 Å². The number of Topliss-reactive ketones (excluding diaryl/α,β-unsaturated/α-hetero) is 1. The van der Waals surface area contributed by atoms with E-state index in [1.165, 1.54) is 11.8 Å². The molecule has 1 N–H and O–H groups in total. The first-order valence-corrected chi connectivity index (χ1v) is 12.4. The van der Waals surface area contributed by atoms with Gasteiger partial charge in [-0.05, 0) is 48.4 Å². The van der Waals surface area contributed by atoms with Gasteiger partial charge in [0.05, 0.1) is 12.2 Å². The molecule has 2 heterocycles. The van der Waals surface area contributed by atoms with Crippen LogP contribution in [0.25, 0.3) is 0 Å². The molecule has 34 heavy (non-hydrogen) atoms. The molecule has 0 unspecified atom stereocenters. The van der Waals surface area contributed by atoms with Crippen molar-refractivity contribution in [2.24, 2.45) is 5.92 Å². The number of nitrogens with one attached hydrogen (secondary N) is 1. The number of ether oxygens (including phenoxy) is 2. The molecule has 178 valence electrons. The zero-order chi connectivity index (χ0) is 24.4. The maximum atomic E-state index is 13.5. The van der Waals surface area contributed by atoms with Crippen molar-refractivity contribution >= 4 is 29.1 Å². The number of hydrogen-bond donors (Lipinski definition) is 1. The van der Waals surface area contributed by atoms with Crippen LogP contribution in [-0.2, 0) is 19.1 Å². The van der Waals surface area contributed by atoms with Gasteiger partial charge in [0.1, 0.15) is 5.75 Å². The van der Waals surface area contributed by atoms with E-state index in [2.05, 4.69) is 11.4 Å². The van der Waals surface area contributed by atoms with Gasteiger partial charge in [0, 0.05) is 47.0 Å². The van der Waals surface area contributed by atoms with Crippen LogP contribution in [0.4, 0.5) is 0 Å². The van der Waals surface area contributed by atoms with Gasteiger partial charge in [-0.15, -0.1) is 11.3 Å². The van der Waals surface area contributed by atoms with Gasteiger partial charge in [0.25, 0.3) is 0 Å². The summed E-state index contributed by atoms with van der Waals surface area (Å²) >= 11 is 1.66. The lowest BCUT2D eigenvalue weighted by Crippen LogP contribution is -2.36. The molecule has 6 nitrogen and oxygen atoms in total. The lowest BCUT2D eigenvalue weighted by Gasteiger charge is -2.36. The zero-order valence-electron chi connectivity index (χ0n) is 19.8. The summed E-state index contributed by atoms with van der Waals surface area (Å²) in [5, 5.41) is 5.40. The van der Waals surface area contributed by atoms with Gasteiger partial charge in [-0.25, -0.2) is 4.79 Å². The number of ketones is 1. The summed E-state index contributed by atoms with van der Waals surface area (Å²) in [6.45, 7) is 7.46. The molecule has 1 aromatic carbocycles. The minimum atomic E-state index is -0.543. The second kappa shape index (κ2) is 9.97. The van der Waals surface area contributed by atoms with Crippen LogP contribution in [0.5, 0.6) is 5.75 Å². The van der Waals surface area contributed by atoms with Crippen molar-refractivity contribution in [1.29, 1.82) is 0 Å². The van der Waals surface area contributed by atoms with Gasteiger partial charge >= 0.3 is 11.9 Å². The van der Waals surface area contributed by atoms with Crippen LogP contribution in [0, 0.1) is 5.92 Å². The van der Waals surface area contributed by atoms with E-state index >= 15 is 0 Å². The van der Waals surface area contributed by atoms with Crippen molar-refractivity contribution in [2.75, 3.05) is 6.61 Å². The van der Waals surface area contributed by atoms with E-state index in [4.69, 9.17) is 9.47 Å². The molecule has 1 aliphatic heterocycles. The number of dihydropyridines is 1. The fraction of sp³-hybridized carbons (Fsp3) is 0.370. The molecule has 0 saturated carbocycles. The average molecular weight is 480 g/mol. The molecule has 0 spiro atoms. The SMILES string of the molecule is CC(=O)Oc1ccc([C@@H]2C(C(=O)OCC(C)C)=C(C)NC3=C2C(=O)C[C@@H](c2cccs2)C3)cc1. The Kier molecular flexibility index (Phi) is 7.03. The van der Waals surface area contributed by atoms with Gasteiger partial charge in [-0.3, -0.25) is 9.59 Å². The highest BCUT2D eigenvalue weighted by molar-refractivity contribution is 7.10. The molecule has 1 aromatic heterocycles. The first-order valence-electron chi connectivity index (χ1n) is 11.5. The van der Waals surface area contributed by atoms with Crippen LogP contribution in [0.15, 0.2) is 64.3 Å². The maximum Gasteiger partial charge on any atom is 0.336 e. The van der Waals surface area contributed by atoms with E-state index in [1.54, 1.807) is 35.6 Å². The predicted octanol–water partition coefficient (Wildman–Crippen LogP) is 5.23. The van der Waals surface area contributed by atoms with E-state index < -0.39 is 17.9 Å². The number of benzene rings is 1. The smallest absolute Gasteiger partial charge is 0.336 e. The largest absolute Gasteiger partial charge is 0.462 e. The highest BCUT2D eigenvalue weighted by atomic mass is 32.1. The van der Waals surface area contributed by atoms with Crippen molar-refractivity contribution in [3.63, 3.8) is 0 Å². The third-order valence-corrected chi connectivity index (χ3v) is 7.05. The molecule has 0 amide bonds. The topological polar surface area (TPSA) is 81.7 Å². The normalized spacial score (nSPS) is 20.2. The van der Waals surface area contributed by atoms with E-state index in [9.17, 15) is 14.4 Å². The minimum absolute atomic E-state index is 0.0304. The number of carbonyl (C=O) groups is 3. The lowest BCUT2D eigenvalue weighted by molar-refractivity contribution is -0.140. The van der Waals surface area contributed by atoms with Crippen LogP contribution in [0.2, 0.25) is 0 Å². The Morgan fingerprint density at radius 3 is 2.50 bits per heavy atom. The molecule has 4 rings (SSSR count). The molecule has 2 aromatic rings. The molecule has 7 heteroatoms. The number of hydrogen-bond acceptors (Lipinski definition) is 7. The third kappa shape index (κ3) is 4.99. The maximum absolute atomic E-state index is 13.5. The van der Waals surface area contributed by atoms with Crippen molar-refractivity contribution in [3.05, 3.63) is 74.8 Å². The molecule has 0 bridgehead atoms. The Morgan fingerprint density at radius 2 is 1.88 bits per heavy atom. The number of thiophene rings is 1. The zero-order valence-corrected chi connectivity index (χ0v) is 20.7. The molecule has 2 atom stereocenters. The predicted molar refractivity (Wildman–Crippen MR) is 130 cm³/mol. The van der Waals surface area contributed by atoms with Gasteiger partial charge in [0.2, 0.25) is 0 Å². The summed E-state index contributed by atoms with van der Waals surface area (Å²) in [5.41, 5.74) is 3.41. The highest BCUT2D eigenvalue weighted by Gasteiger charge is 2.41. The van der Waals surface area contributed by atoms with E-state index in [0.717, 1.165) is 11.3 Å². The second-order valence-corrected chi connectivity index (χ2v) is 10.2. The first-order chi connectivity index (χ1) is 16.2. The Morgan fingerprint density at radius 1 is 1.15 bits per heavy atom. The number of rotatable bonds is 6. The van der Waals surface area contributed by atoms with Crippen LogP contribution in [-0.4, -0.2) is 24.3 Å². The van der Waals surface area contributed by atoms with Crippen LogP contribution in [0.3, 0.4) is 0 Å². The van der Waals surface area contributed by atoms with E-state index in [-0.39, 0.29) is 17.6 Å². The summed E-state index contributed by atoms with van der Waals surface area (Å²) in [4.78, 5) is 39.3. The van der Waals surface area contributed by atoms with E-state index in [1.807, 2.05) is 32.2 Å². The molecule has 2 aliphatic rings. The second-order valence-electron chi connectivity index (χ2n) is 9.19. The third-order valence-electron chi connectivity index (χ3n) is 6.02. The van der Waals surface area contributed by atoms with Crippen LogP contribution in [0.1, 0.15) is 62.8 Å². The Bertz CT molecular complexity index is 1160. The van der Waals surface area contributed by atoms with Crippen molar-refractivity contribution in [1.82, 2.24) is 5.32 Å². The summed E-state index contributed by atoms with van der Waals surface area (Å²) in [7, 11) is 0. The fourth-order valence-electron chi connectivity index (χ4n) is 4.58. The minimum Gasteiger partial charge on any atom is -0.462 e. The first kappa shape index (κ1) is 24.0. The summed E-state index contributed by atoms with van der Waals surface area (Å²) in [6, 6.07) is 11.1. The van der Waals surface area contributed by atoms with Crippen LogP contribution >= 0.6 is 11.3 Å². The van der Waals surface area contributed by atoms with Crippen molar-refractivity contribution in [3.8, 4) is 5.75 Å². The molecular weight excluding hydrogens is 450 g/mol. The van der Waals surface area contributed by atoms with Gasteiger partial charge < -0.3 is 14.8 Å². The molecular formula is C27H29NO5S. The van der Waals surface area contributed by atoms with Crippen molar-refractivity contribution in [2.45, 2.75) is 52.4 Å². The monoisotopic (exact) mass is 479 g/mol. The molecule has 1 aliphatic carbocycles. The highest BCUT2D eigenvalue weighted by Crippen LogP contribution is 2.46. The standard InChI is InChI=1S/C27H29NO5S/c1-15(2)14-32-27(31)24-16(3)28-21-12-19(23-6-5-11-34-23)13-22(30)26(21)25(24)18-7-9-20(10-8-18)33-17(4)29/h5-11,15,19,25,28H,12-14H2,1-4H3/t19-,25+/m0/s1. The average Bonchev–Trinajstić information content (AvgIpc) is 3.31. The Labute approximate surface area is 203 Å².